The molecule has 1 fully saturated rings. The van der Waals surface area contributed by atoms with Gasteiger partial charge in [0.1, 0.15) is 0 Å². The molecule has 0 bridgehead atoms. The van der Waals surface area contributed by atoms with Crippen molar-refractivity contribution in [2.75, 3.05) is 25.6 Å². The van der Waals surface area contributed by atoms with E-state index in [4.69, 9.17) is 10.5 Å². The average molecular weight is 234 g/mol. The van der Waals surface area contributed by atoms with Crippen molar-refractivity contribution < 1.29 is 4.74 Å². The van der Waals surface area contributed by atoms with Crippen LogP contribution in [0.5, 0.6) is 0 Å². The van der Waals surface area contributed by atoms with E-state index in [1.807, 2.05) is 0 Å². The molecule has 3 nitrogen and oxygen atoms in total. The maximum atomic E-state index is 5.97. The number of aryl methyl sites for hydroxylation is 1. The van der Waals surface area contributed by atoms with Crippen molar-refractivity contribution >= 4 is 5.69 Å². The Morgan fingerprint density at radius 2 is 2.00 bits per heavy atom. The topological polar surface area (TPSA) is 47.3 Å². The van der Waals surface area contributed by atoms with Crippen molar-refractivity contribution in [1.82, 2.24) is 0 Å². The largest absolute Gasteiger partial charge is 0.382 e. The minimum atomic E-state index is -0.0932. The molecule has 1 aromatic rings. The Balaban J connectivity index is 2.13. The molecule has 0 spiro atoms. The maximum Gasteiger partial charge on any atom is 0.0756 e. The molecule has 0 heterocycles. The van der Waals surface area contributed by atoms with Gasteiger partial charge in [-0.25, -0.2) is 0 Å². The third kappa shape index (κ3) is 2.79. The summed E-state index contributed by atoms with van der Waals surface area (Å²) >= 11 is 0. The fourth-order valence-corrected chi connectivity index (χ4v) is 2.35. The van der Waals surface area contributed by atoms with Crippen molar-refractivity contribution in [3.63, 3.8) is 0 Å². The minimum absolute atomic E-state index is 0.0932. The monoisotopic (exact) mass is 234 g/mol. The van der Waals surface area contributed by atoms with E-state index in [2.05, 4.69) is 36.5 Å². The lowest BCUT2D eigenvalue weighted by molar-refractivity contribution is 0.134. The highest BCUT2D eigenvalue weighted by atomic mass is 16.5. The average Bonchev–Trinajstić information content (AvgIpc) is 3.16. The fraction of sp³-hybridized carbons (Fsp3) is 0.571. The van der Waals surface area contributed by atoms with Gasteiger partial charge in [-0.15, -0.1) is 0 Å². The molecule has 3 N–H and O–H groups in total. The normalized spacial score (nSPS) is 18.8. The Hall–Kier alpha value is -1.06. The molecule has 0 saturated heterocycles. The molecule has 1 aromatic carbocycles. The number of benzene rings is 1. The molecule has 1 aliphatic rings. The van der Waals surface area contributed by atoms with Gasteiger partial charge >= 0.3 is 0 Å². The van der Waals surface area contributed by atoms with Gasteiger partial charge < -0.3 is 15.8 Å². The number of hydrogen-bond acceptors (Lipinski definition) is 3. The lowest BCUT2D eigenvalue weighted by Crippen LogP contribution is -2.51. The van der Waals surface area contributed by atoms with Gasteiger partial charge in [-0.1, -0.05) is 17.7 Å². The molecular weight excluding hydrogens is 212 g/mol. The Bertz CT molecular complexity index is 359. The first-order valence-electron chi connectivity index (χ1n) is 6.24. The molecular formula is C14H22N2O. The van der Waals surface area contributed by atoms with E-state index < -0.39 is 0 Å². The van der Waals surface area contributed by atoms with Gasteiger partial charge in [-0.3, -0.25) is 0 Å². The van der Waals surface area contributed by atoms with Crippen molar-refractivity contribution in [3.05, 3.63) is 29.8 Å². The van der Waals surface area contributed by atoms with E-state index in [1.54, 1.807) is 7.11 Å². The van der Waals surface area contributed by atoms with Crippen LogP contribution < -0.4 is 11.1 Å². The summed E-state index contributed by atoms with van der Waals surface area (Å²) < 4.78 is 5.35. The molecule has 3 heteroatoms. The van der Waals surface area contributed by atoms with Crippen LogP contribution >= 0.6 is 0 Å². The van der Waals surface area contributed by atoms with E-state index in [0.717, 1.165) is 5.69 Å². The predicted molar refractivity (Wildman–Crippen MR) is 71.2 cm³/mol. The number of nitrogens with one attached hydrogen (secondary N) is 1. The number of nitrogens with two attached hydrogens (primary N) is 1. The molecule has 1 saturated carbocycles. The third-order valence-corrected chi connectivity index (χ3v) is 3.57. The van der Waals surface area contributed by atoms with Crippen LogP contribution in [-0.4, -0.2) is 25.8 Å². The molecule has 94 valence electrons. The van der Waals surface area contributed by atoms with E-state index in [0.29, 0.717) is 19.1 Å². The highest BCUT2D eigenvalue weighted by molar-refractivity contribution is 5.47. The lowest BCUT2D eigenvalue weighted by Gasteiger charge is -2.34. The van der Waals surface area contributed by atoms with Gasteiger partial charge in [0.15, 0.2) is 0 Å². The Morgan fingerprint density at radius 1 is 1.35 bits per heavy atom. The van der Waals surface area contributed by atoms with Gasteiger partial charge in [-0.2, -0.15) is 0 Å². The number of methoxy groups -OCH3 is 1. The molecule has 1 unspecified atom stereocenters. The van der Waals surface area contributed by atoms with Gasteiger partial charge in [-0.05, 0) is 37.8 Å². The summed E-state index contributed by atoms with van der Waals surface area (Å²) in [7, 11) is 1.74. The van der Waals surface area contributed by atoms with Crippen LogP contribution in [0.3, 0.4) is 0 Å². The molecule has 2 rings (SSSR count). The number of hydrogen-bond donors (Lipinski definition) is 2. The smallest absolute Gasteiger partial charge is 0.0756 e. The molecule has 1 atom stereocenters. The van der Waals surface area contributed by atoms with Crippen molar-refractivity contribution in [1.29, 1.82) is 0 Å². The second-order valence-corrected chi connectivity index (χ2v) is 5.06. The minimum Gasteiger partial charge on any atom is -0.382 e. The summed E-state index contributed by atoms with van der Waals surface area (Å²) in [6, 6.07) is 8.45. The van der Waals surface area contributed by atoms with Crippen molar-refractivity contribution in [2.45, 2.75) is 25.3 Å². The summed E-state index contributed by atoms with van der Waals surface area (Å²) in [4.78, 5) is 0. The van der Waals surface area contributed by atoms with Gasteiger partial charge in [0.25, 0.3) is 0 Å². The van der Waals surface area contributed by atoms with Gasteiger partial charge in [0.05, 0.1) is 12.1 Å². The van der Waals surface area contributed by atoms with E-state index >= 15 is 0 Å². The first-order valence-corrected chi connectivity index (χ1v) is 6.24. The van der Waals surface area contributed by atoms with E-state index in [1.165, 1.54) is 18.4 Å². The lowest BCUT2D eigenvalue weighted by atomic mass is 9.93. The van der Waals surface area contributed by atoms with Crippen LogP contribution in [0.2, 0.25) is 0 Å². The predicted octanol–water partition coefficient (Wildman–Crippen LogP) is 2.16. The molecule has 0 aromatic heterocycles. The van der Waals surface area contributed by atoms with Crippen LogP contribution in [0.4, 0.5) is 5.69 Å². The van der Waals surface area contributed by atoms with Crippen molar-refractivity contribution in [2.24, 2.45) is 11.7 Å². The zero-order valence-corrected chi connectivity index (χ0v) is 10.7. The van der Waals surface area contributed by atoms with Gasteiger partial charge in [0, 0.05) is 19.3 Å². The summed E-state index contributed by atoms with van der Waals surface area (Å²) in [5, 5.41) is 3.58. The number of rotatable bonds is 6. The SMILES string of the molecule is COCC(CN)(Nc1ccc(C)cc1)C1CC1. The summed E-state index contributed by atoms with van der Waals surface area (Å²) in [5.41, 5.74) is 8.28. The van der Waals surface area contributed by atoms with Crippen molar-refractivity contribution in [3.8, 4) is 0 Å². The highest BCUT2D eigenvalue weighted by Gasteiger charge is 2.44. The Morgan fingerprint density at radius 3 is 2.47 bits per heavy atom. The van der Waals surface area contributed by atoms with Crippen LogP contribution in [0.25, 0.3) is 0 Å². The van der Waals surface area contributed by atoms with Crippen LogP contribution in [-0.2, 0) is 4.74 Å². The quantitative estimate of drug-likeness (QED) is 0.793. The standard InChI is InChI=1S/C14H22N2O/c1-11-3-7-13(8-4-11)16-14(9-15,10-17-2)12-5-6-12/h3-4,7-8,12,16H,5-6,9-10,15H2,1-2H3. The first kappa shape index (κ1) is 12.4. The maximum absolute atomic E-state index is 5.97. The summed E-state index contributed by atoms with van der Waals surface area (Å²) in [6.45, 7) is 3.37. The van der Waals surface area contributed by atoms with E-state index in [9.17, 15) is 0 Å². The first-order chi connectivity index (χ1) is 8.20. The van der Waals surface area contributed by atoms with Gasteiger partial charge in [0.2, 0.25) is 0 Å². The molecule has 0 radical (unpaired) electrons. The molecule has 17 heavy (non-hydrogen) atoms. The third-order valence-electron chi connectivity index (χ3n) is 3.57. The van der Waals surface area contributed by atoms with Crippen LogP contribution in [0.1, 0.15) is 18.4 Å². The molecule has 1 aliphatic carbocycles. The van der Waals surface area contributed by atoms with Crippen LogP contribution in [0, 0.1) is 12.8 Å². The Labute approximate surface area is 103 Å². The zero-order chi connectivity index (χ0) is 12.3. The van der Waals surface area contributed by atoms with E-state index in [-0.39, 0.29) is 5.54 Å². The zero-order valence-electron chi connectivity index (χ0n) is 10.7. The second-order valence-electron chi connectivity index (χ2n) is 5.06. The number of ether oxygens (including phenoxy) is 1. The Kier molecular flexibility index (Phi) is 3.69. The number of anilines is 1. The van der Waals surface area contributed by atoms with Crippen LogP contribution in [0.15, 0.2) is 24.3 Å². The highest BCUT2D eigenvalue weighted by Crippen LogP contribution is 2.41. The fourth-order valence-electron chi connectivity index (χ4n) is 2.35. The second kappa shape index (κ2) is 5.07. The molecule has 0 amide bonds. The summed E-state index contributed by atoms with van der Waals surface area (Å²) in [6.07, 6.45) is 2.50. The summed E-state index contributed by atoms with van der Waals surface area (Å²) in [5.74, 6) is 0.647. The molecule has 0 aliphatic heterocycles.